The van der Waals surface area contributed by atoms with E-state index in [-0.39, 0.29) is 6.61 Å². The van der Waals surface area contributed by atoms with Gasteiger partial charge >= 0.3 is 6.09 Å². The average molecular weight is 275 g/mol. The number of alkyl carbamates (subject to hydrolysis) is 1. The summed E-state index contributed by atoms with van der Waals surface area (Å²) in [7, 11) is 0. The molecule has 0 saturated carbocycles. The molecule has 108 valence electrons. The lowest BCUT2D eigenvalue weighted by Gasteiger charge is -2.19. The first-order chi connectivity index (χ1) is 9.40. The number of nitrogens with one attached hydrogen (secondary N) is 1. The van der Waals surface area contributed by atoms with Crippen molar-refractivity contribution in [1.29, 1.82) is 0 Å². The van der Waals surface area contributed by atoms with Gasteiger partial charge in [-0.3, -0.25) is 0 Å². The molecule has 20 heavy (non-hydrogen) atoms. The highest BCUT2D eigenvalue weighted by atomic mass is 16.6. The normalized spacial score (nSPS) is 10.4. The summed E-state index contributed by atoms with van der Waals surface area (Å²) < 4.78 is 5.11. The summed E-state index contributed by atoms with van der Waals surface area (Å²) in [5.41, 5.74) is 1.21. The van der Waals surface area contributed by atoms with Gasteiger partial charge in [0.25, 0.3) is 0 Å². The van der Waals surface area contributed by atoms with Crippen LogP contribution in [0.1, 0.15) is 38.3 Å². The van der Waals surface area contributed by atoms with Crippen molar-refractivity contribution >= 4 is 6.09 Å². The molecule has 0 bridgehead atoms. The van der Waals surface area contributed by atoms with E-state index in [2.05, 4.69) is 17.2 Å². The van der Waals surface area contributed by atoms with Gasteiger partial charge in [0.2, 0.25) is 0 Å². The van der Waals surface area contributed by atoms with Gasteiger partial charge in [0.15, 0.2) is 0 Å². The molecule has 0 aliphatic carbocycles. The van der Waals surface area contributed by atoms with E-state index in [1.165, 1.54) is 0 Å². The van der Waals surface area contributed by atoms with E-state index in [1.54, 1.807) is 0 Å². The Kier molecular flexibility index (Phi) is 6.08. The lowest BCUT2D eigenvalue weighted by atomic mass is 10.1. The van der Waals surface area contributed by atoms with E-state index in [1.807, 2.05) is 45.0 Å². The molecule has 0 aliphatic heterocycles. The molecule has 0 aliphatic rings. The Bertz CT molecular complexity index is 506. The number of aliphatic hydroxyl groups excluding tert-OH is 1. The van der Waals surface area contributed by atoms with Gasteiger partial charge in [0.1, 0.15) is 5.60 Å². The Hall–Kier alpha value is -1.99. The van der Waals surface area contributed by atoms with E-state index in [9.17, 15) is 4.79 Å². The molecule has 0 fully saturated rings. The van der Waals surface area contributed by atoms with Gasteiger partial charge in [-0.25, -0.2) is 4.79 Å². The summed E-state index contributed by atoms with van der Waals surface area (Å²) in [5, 5.41) is 11.7. The first kappa shape index (κ1) is 16.1. The zero-order chi connectivity index (χ0) is 15.0. The zero-order valence-electron chi connectivity index (χ0n) is 12.2. The second-order valence-electron chi connectivity index (χ2n) is 5.34. The number of amides is 1. The molecule has 0 spiro atoms. The number of ether oxygens (including phenoxy) is 1. The van der Waals surface area contributed by atoms with E-state index in [0.29, 0.717) is 13.0 Å². The number of hydrogen-bond acceptors (Lipinski definition) is 3. The van der Waals surface area contributed by atoms with Crippen LogP contribution in [0, 0.1) is 11.8 Å². The van der Waals surface area contributed by atoms with Crippen molar-refractivity contribution in [1.82, 2.24) is 5.32 Å². The second-order valence-corrected chi connectivity index (χ2v) is 5.34. The Morgan fingerprint density at radius 2 is 2.15 bits per heavy atom. The summed E-state index contributed by atoms with van der Waals surface area (Å²) in [6.45, 7) is 5.92. The predicted molar refractivity (Wildman–Crippen MR) is 78.1 cm³/mol. The van der Waals surface area contributed by atoms with Gasteiger partial charge in [-0.2, -0.15) is 0 Å². The smallest absolute Gasteiger partial charge is 0.407 e. The molecule has 1 amide bonds. The third-order valence-electron chi connectivity index (χ3n) is 2.26. The molecule has 4 heteroatoms. The molecule has 2 N–H and O–H groups in total. The highest BCUT2D eigenvalue weighted by molar-refractivity contribution is 5.67. The van der Waals surface area contributed by atoms with Crippen molar-refractivity contribution in [2.24, 2.45) is 0 Å². The zero-order valence-corrected chi connectivity index (χ0v) is 12.2. The fraction of sp³-hybridized carbons (Fsp3) is 0.438. The van der Waals surface area contributed by atoms with Crippen molar-refractivity contribution in [2.75, 3.05) is 6.54 Å². The van der Waals surface area contributed by atoms with Gasteiger partial charge in [0, 0.05) is 18.5 Å². The van der Waals surface area contributed by atoms with Gasteiger partial charge in [-0.05, 0) is 38.5 Å². The lowest BCUT2D eigenvalue weighted by molar-refractivity contribution is 0.0529. The largest absolute Gasteiger partial charge is 0.444 e. The minimum atomic E-state index is -0.486. The number of carbonyl (C=O) groups excluding carboxylic acids is 1. The summed E-state index contributed by atoms with van der Waals surface area (Å²) in [4.78, 5) is 11.4. The van der Waals surface area contributed by atoms with Crippen LogP contribution in [0.3, 0.4) is 0 Å². The molecule has 0 unspecified atom stereocenters. The van der Waals surface area contributed by atoms with Crippen LogP contribution in [0.15, 0.2) is 24.3 Å². The molecule has 0 saturated heterocycles. The summed E-state index contributed by atoms with van der Waals surface area (Å²) in [6, 6.07) is 7.42. The number of aliphatic hydroxyl groups is 1. The monoisotopic (exact) mass is 275 g/mol. The Morgan fingerprint density at radius 3 is 2.80 bits per heavy atom. The average Bonchev–Trinajstić information content (AvgIpc) is 2.36. The van der Waals surface area contributed by atoms with Gasteiger partial charge < -0.3 is 15.2 Å². The molecule has 0 heterocycles. The molecule has 4 nitrogen and oxygen atoms in total. The maximum atomic E-state index is 11.4. The molecule has 1 aromatic rings. The third kappa shape index (κ3) is 6.81. The Morgan fingerprint density at radius 1 is 1.40 bits per heavy atom. The first-order valence-corrected chi connectivity index (χ1v) is 6.56. The van der Waals surface area contributed by atoms with Crippen LogP contribution in [0.25, 0.3) is 0 Å². The first-order valence-electron chi connectivity index (χ1n) is 6.56. The van der Waals surface area contributed by atoms with Crippen LogP contribution in [0.2, 0.25) is 0 Å². The lowest BCUT2D eigenvalue weighted by Crippen LogP contribution is -2.32. The number of carbonyl (C=O) groups is 1. The van der Waals surface area contributed by atoms with Crippen molar-refractivity contribution in [3.8, 4) is 11.8 Å². The van der Waals surface area contributed by atoms with E-state index in [0.717, 1.165) is 11.1 Å². The molecule has 0 radical (unpaired) electrons. The SMILES string of the molecule is CC(C)(C)OC(=O)NCCC#Cc1cccc(CO)c1. The van der Waals surface area contributed by atoms with Crippen molar-refractivity contribution in [2.45, 2.75) is 39.4 Å². The second kappa shape index (κ2) is 7.56. The van der Waals surface area contributed by atoms with Crippen LogP contribution >= 0.6 is 0 Å². The van der Waals surface area contributed by atoms with Gasteiger partial charge in [-0.1, -0.05) is 24.0 Å². The molecule has 0 atom stereocenters. The molecule has 1 rings (SSSR count). The highest BCUT2D eigenvalue weighted by Crippen LogP contribution is 2.06. The topological polar surface area (TPSA) is 58.6 Å². The number of hydrogen-bond donors (Lipinski definition) is 2. The maximum absolute atomic E-state index is 11.4. The minimum Gasteiger partial charge on any atom is -0.444 e. The van der Waals surface area contributed by atoms with Gasteiger partial charge in [0.05, 0.1) is 6.61 Å². The summed E-state index contributed by atoms with van der Waals surface area (Å²) in [5.74, 6) is 5.96. The van der Waals surface area contributed by atoms with E-state index in [4.69, 9.17) is 9.84 Å². The number of benzene rings is 1. The van der Waals surface area contributed by atoms with Gasteiger partial charge in [-0.15, -0.1) is 0 Å². The Labute approximate surface area is 120 Å². The van der Waals surface area contributed by atoms with Crippen LogP contribution in [0.5, 0.6) is 0 Å². The number of rotatable bonds is 3. The van der Waals surface area contributed by atoms with Crippen molar-refractivity contribution < 1.29 is 14.6 Å². The summed E-state index contributed by atoms with van der Waals surface area (Å²) in [6.07, 6.45) is 0.115. The highest BCUT2D eigenvalue weighted by Gasteiger charge is 2.15. The van der Waals surface area contributed by atoms with Crippen LogP contribution in [-0.2, 0) is 11.3 Å². The predicted octanol–water partition coefficient (Wildman–Crippen LogP) is 2.45. The minimum absolute atomic E-state index is 0.00964. The quantitative estimate of drug-likeness (QED) is 0.658. The van der Waals surface area contributed by atoms with Crippen LogP contribution in [0.4, 0.5) is 4.79 Å². The van der Waals surface area contributed by atoms with Crippen LogP contribution < -0.4 is 5.32 Å². The van der Waals surface area contributed by atoms with Crippen LogP contribution in [-0.4, -0.2) is 23.3 Å². The van der Waals surface area contributed by atoms with E-state index < -0.39 is 11.7 Å². The molecular weight excluding hydrogens is 254 g/mol. The third-order valence-corrected chi connectivity index (χ3v) is 2.26. The molecule has 0 aromatic heterocycles. The fourth-order valence-corrected chi connectivity index (χ4v) is 1.45. The molecule has 1 aromatic carbocycles. The standard InChI is InChI=1S/C16H21NO3/c1-16(2,3)20-15(19)17-10-5-4-7-13-8-6-9-14(11-13)12-18/h6,8-9,11,18H,5,10,12H2,1-3H3,(H,17,19). The van der Waals surface area contributed by atoms with E-state index >= 15 is 0 Å². The maximum Gasteiger partial charge on any atom is 0.407 e. The Balaban J connectivity index is 2.34. The fourth-order valence-electron chi connectivity index (χ4n) is 1.45. The van der Waals surface area contributed by atoms with Crippen molar-refractivity contribution in [3.05, 3.63) is 35.4 Å². The summed E-state index contributed by atoms with van der Waals surface area (Å²) >= 11 is 0. The van der Waals surface area contributed by atoms with Crippen molar-refractivity contribution in [3.63, 3.8) is 0 Å². The molecular formula is C16H21NO3.